The topological polar surface area (TPSA) is 71.6 Å². The molecule has 0 radical (unpaired) electrons. The van der Waals surface area contributed by atoms with Gasteiger partial charge in [0.15, 0.2) is 5.71 Å². The van der Waals surface area contributed by atoms with Gasteiger partial charge in [-0.3, -0.25) is 4.79 Å². The maximum absolute atomic E-state index is 12.1. The molecule has 1 amide bonds. The van der Waals surface area contributed by atoms with Crippen LogP contribution < -0.4 is 5.32 Å². The Hall–Kier alpha value is -3.54. The second-order valence-electron chi connectivity index (χ2n) is 6.02. The molecule has 6 heteroatoms. The maximum atomic E-state index is 12.1. The van der Waals surface area contributed by atoms with E-state index in [4.69, 9.17) is 0 Å². The number of hydrogen-bond donors (Lipinski definition) is 1. The number of nitrogens with zero attached hydrogens (tertiary/aromatic N) is 4. The molecule has 1 aromatic heterocycles. The summed E-state index contributed by atoms with van der Waals surface area (Å²) in [5.74, 6) is -0.239. The van der Waals surface area contributed by atoms with Gasteiger partial charge in [-0.1, -0.05) is 36.4 Å². The van der Waals surface area contributed by atoms with Crippen LogP contribution in [0, 0.1) is 13.8 Å². The third-order valence-electron chi connectivity index (χ3n) is 4.34. The van der Waals surface area contributed by atoms with Crippen LogP contribution in [-0.4, -0.2) is 27.6 Å². The number of nitrogens with one attached hydrogen (secondary N) is 1. The summed E-state index contributed by atoms with van der Waals surface area (Å²) in [6.07, 6.45) is 1.65. The molecule has 26 heavy (non-hydrogen) atoms. The smallest absolute Gasteiger partial charge is 0.276 e. The predicted octanol–water partition coefficient (Wildman–Crippen LogP) is 3.26. The minimum absolute atomic E-state index is 0.239. The van der Waals surface area contributed by atoms with E-state index in [2.05, 4.69) is 20.6 Å². The fourth-order valence-electron chi connectivity index (χ4n) is 3.01. The number of para-hydroxylation sites is 2. The van der Waals surface area contributed by atoms with Crippen LogP contribution in [0.5, 0.6) is 0 Å². The van der Waals surface area contributed by atoms with E-state index < -0.39 is 0 Å². The molecule has 6 nitrogen and oxygen atoms in total. The van der Waals surface area contributed by atoms with Crippen molar-refractivity contribution < 1.29 is 4.79 Å². The number of fused-ring (bicyclic) bond motifs is 1. The SMILES string of the molecule is Cc1nn(-c2ccccc2)c(C)c1C=N/N=C1\C(=O)Nc2ccccc21. The third kappa shape index (κ3) is 2.71. The zero-order chi connectivity index (χ0) is 18.1. The number of benzene rings is 2. The first kappa shape index (κ1) is 16.0. The Morgan fingerprint density at radius 1 is 1.04 bits per heavy atom. The molecule has 3 aromatic rings. The number of amides is 1. The molecule has 1 aliphatic heterocycles. The highest BCUT2D eigenvalue weighted by molar-refractivity contribution is 6.53. The van der Waals surface area contributed by atoms with Gasteiger partial charge in [-0.05, 0) is 32.0 Å². The molecule has 0 aliphatic carbocycles. The number of hydrogen-bond acceptors (Lipinski definition) is 4. The van der Waals surface area contributed by atoms with E-state index in [0.29, 0.717) is 5.71 Å². The van der Waals surface area contributed by atoms with Crippen LogP contribution in [0.15, 0.2) is 64.8 Å². The van der Waals surface area contributed by atoms with Crippen molar-refractivity contribution in [2.45, 2.75) is 13.8 Å². The summed E-state index contributed by atoms with van der Waals surface area (Å²) in [5.41, 5.74) is 5.55. The van der Waals surface area contributed by atoms with Crippen molar-refractivity contribution in [2.75, 3.05) is 5.32 Å². The number of carbonyl (C=O) groups excluding carboxylic acids is 1. The van der Waals surface area contributed by atoms with Crippen molar-refractivity contribution >= 4 is 23.5 Å². The van der Waals surface area contributed by atoms with E-state index in [1.54, 1.807) is 6.21 Å². The van der Waals surface area contributed by atoms with E-state index in [1.165, 1.54) is 0 Å². The quantitative estimate of drug-likeness (QED) is 0.586. The van der Waals surface area contributed by atoms with Gasteiger partial charge in [0.2, 0.25) is 0 Å². The summed E-state index contributed by atoms with van der Waals surface area (Å²) in [7, 11) is 0. The fraction of sp³-hybridized carbons (Fsp3) is 0.100. The van der Waals surface area contributed by atoms with Crippen LogP contribution in [0.3, 0.4) is 0 Å². The number of rotatable bonds is 3. The Bertz CT molecular complexity index is 1050. The molecule has 1 N–H and O–H groups in total. The van der Waals surface area contributed by atoms with Crippen molar-refractivity contribution in [3.63, 3.8) is 0 Å². The highest BCUT2D eigenvalue weighted by atomic mass is 16.2. The van der Waals surface area contributed by atoms with Crippen molar-refractivity contribution in [3.8, 4) is 5.69 Å². The Kier molecular flexibility index (Phi) is 3.93. The second kappa shape index (κ2) is 6.40. The fourth-order valence-corrected chi connectivity index (χ4v) is 3.01. The van der Waals surface area contributed by atoms with E-state index >= 15 is 0 Å². The molecular formula is C20H17N5O. The second-order valence-corrected chi connectivity index (χ2v) is 6.02. The summed E-state index contributed by atoms with van der Waals surface area (Å²) in [4.78, 5) is 12.1. The van der Waals surface area contributed by atoms with Gasteiger partial charge in [0.1, 0.15) is 0 Å². The predicted molar refractivity (Wildman–Crippen MR) is 102 cm³/mol. The van der Waals surface area contributed by atoms with Crippen LogP contribution >= 0.6 is 0 Å². The Labute approximate surface area is 150 Å². The van der Waals surface area contributed by atoms with Crippen LogP contribution in [0.25, 0.3) is 5.69 Å². The first-order valence-electron chi connectivity index (χ1n) is 8.28. The summed E-state index contributed by atoms with van der Waals surface area (Å²) in [6, 6.07) is 17.4. The molecule has 0 atom stereocenters. The number of aryl methyl sites for hydroxylation is 1. The zero-order valence-corrected chi connectivity index (χ0v) is 14.5. The largest absolute Gasteiger partial charge is 0.320 e. The van der Waals surface area contributed by atoms with Gasteiger partial charge in [-0.15, -0.1) is 5.10 Å². The van der Waals surface area contributed by atoms with Gasteiger partial charge in [-0.2, -0.15) is 10.2 Å². The summed E-state index contributed by atoms with van der Waals surface area (Å²) in [6.45, 7) is 3.91. The normalized spacial score (nSPS) is 14.8. The number of anilines is 1. The summed E-state index contributed by atoms with van der Waals surface area (Å²) in [5, 5.41) is 15.7. The monoisotopic (exact) mass is 343 g/mol. The lowest BCUT2D eigenvalue weighted by atomic mass is 10.1. The lowest BCUT2D eigenvalue weighted by molar-refractivity contribution is -0.110. The highest BCUT2D eigenvalue weighted by Gasteiger charge is 2.25. The van der Waals surface area contributed by atoms with Crippen molar-refractivity contribution in [3.05, 3.63) is 77.1 Å². The van der Waals surface area contributed by atoms with E-state index in [0.717, 1.165) is 33.9 Å². The molecule has 0 saturated heterocycles. The van der Waals surface area contributed by atoms with E-state index in [1.807, 2.05) is 73.1 Å². The molecule has 0 saturated carbocycles. The average molecular weight is 343 g/mol. The highest BCUT2D eigenvalue weighted by Crippen LogP contribution is 2.23. The van der Waals surface area contributed by atoms with E-state index in [-0.39, 0.29) is 5.91 Å². The summed E-state index contributed by atoms with van der Waals surface area (Å²) >= 11 is 0. The van der Waals surface area contributed by atoms with Crippen LogP contribution in [0.4, 0.5) is 5.69 Å². The first-order chi connectivity index (χ1) is 12.6. The molecule has 0 bridgehead atoms. The molecule has 0 fully saturated rings. The maximum Gasteiger partial charge on any atom is 0.276 e. The first-order valence-corrected chi connectivity index (χ1v) is 8.28. The lowest BCUT2D eigenvalue weighted by Gasteiger charge is -2.03. The van der Waals surface area contributed by atoms with Gasteiger partial charge < -0.3 is 5.32 Å². The number of aromatic nitrogens is 2. The summed E-state index contributed by atoms with van der Waals surface area (Å²) < 4.78 is 1.88. The molecule has 128 valence electrons. The molecule has 0 unspecified atom stereocenters. The van der Waals surface area contributed by atoms with Gasteiger partial charge >= 0.3 is 0 Å². The minimum Gasteiger partial charge on any atom is -0.320 e. The number of carbonyl (C=O) groups is 1. The van der Waals surface area contributed by atoms with Crippen LogP contribution in [-0.2, 0) is 4.79 Å². The van der Waals surface area contributed by atoms with Gasteiger partial charge in [-0.25, -0.2) is 4.68 Å². The van der Waals surface area contributed by atoms with Crippen molar-refractivity contribution in [1.29, 1.82) is 0 Å². The Morgan fingerprint density at radius 2 is 1.77 bits per heavy atom. The molecule has 0 spiro atoms. The van der Waals surface area contributed by atoms with Crippen LogP contribution in [0.1, 0.15) is 22.5 Å². The zero-order valence-electron chi connectivity index (χ0n) is 14.5. The third-order valence-corrected chi connectivity index (χ3v) is 4.34. The van der Waals surface area contributed by atoms with Crippen molar-refractivity contribution in [2.24, 2.45) is 10.2 Å². The molecular weight excluding hydrogens is 326 g/mol. The minimum atomic E-state index is -0.239. The molecule has 2 heterocycles. The van der Waals surface area contributed by atoms with Gasteiger partial charge in [0.25, 0.3) is 5.91 Å². The average Bonchev–Trinajstić information content (AvgIpc) is 3.13. The Balaban J connectivity index is 1.66. The lowest BCUT2D eigenvalue weighted by Crippen LogP contribution is -2.13. The van der Waals surface area contributed by atoms with Gasteiger partial charge in [0.05, 0.1) is 29.0 Å². The molecule has 1 aliphatic rings. The molecule has 4 rings (SSSR count). The van der Waals surface area contributed by atoms with E-state index in [9.17, 15) is 4.79 Å². The van der Waals surface area contributed by atoms with Crippen molar-refractivity contribution in [1.82, 2.24) is 9.78 Å². The Morgan fingerprint density at radius 3 is 2.58 bits per heavy atom. The molecule has 2 aromatic carbocycles. The standard InChI is InChI=1S/C20H17N5O/c1-13-17(14(2)25(24-13)15-8-4-3-5-9-15)12-21-23-19-16-10-6-7-11-18(16)22-20(19)26/h3-12H,1-2H3,(H,22,23,26). The van der Waals surface area contributed by atoms with Gasteiger partial charge in [0, 0.05) is 11.1 Å². The van der Waals surface area contributed by atoms with Crippen LogP contribution in [0.2, 0.25) is 0 Å².